The number of non-ortho nitro benzene ring substituents is 2. The lowest BCUT2D eigenvalue weighted by atomic mass is 9.98. The molecule has 0 saturated heterocycles. The van der Waals surface area contributed by atoms with E-state index in [2.05, 4.69) is 42.1 Å². The van der Waals surface area contributed by atoms with Gasteiger partial charge in [-0.1, -0.05) is 92.5 Å². The third-order valence-electron chi connectivity index (χ3n) is 8.35. The largest absolute Gasteiger partial charge is 0.423 e. The van der Waals surface area contributed by atoms with Gasteiger partial charge < -0.3 is 10.2 Å². The summed E-state index contributed by atoms with van der Waals surface area (Å²) in [6.07, 6.45) is -9.98. The maximum Gasteiger partial charge on any atom is 0.423 e. The summed E-state index contributed by atoms with van der Waals surface area (Å²) in [5.41, 5.74) is -6.48. The van der Waals surface area contributed by atoms with E-state index in [1.807, 2.05) is 0 Å². The monoisotopic (exact) mass is 886 g/mol. The first-order chi connectivity index (χ1) is 25.3. The van der Waals surface area contributed by atoms with Gasteiger partial charge in [-0.2, -0.15) is 36.5 Å². The molecule has 0 aliphatic carbocycles. The molecule has 0 bridgehead atoms. The first-order valence-corrected chi connectivity index (χ1v) is 17.7. The highest BCUT2D eigenvalue weighted by molar-refractivity contribution is 9.09. The van der Waals surface area contributed by atoms with Crippen molar-refractivity contribution in [2.45, 2.75) is 36.6 Å². The lowest BCUT2D eigenvalue weighted by molar-refractivity contribution is -0.384. The van der Waals surface area contributed by atoms with Crippen molar-refractivity contribution in [2.75, 3.05) is 10.7 Å². The number of aromatic nitrogens is 4. The second-order valence-electron chi connectivity index (χ2n) is 11.9. The molecule has 4 aromatic carbocycles. The number of halogens is 8. The topological polar surface area (TPSA) is 162 Å². The number of nitrogens with zero attached hydrogens (tertiary/aromatic N) is 6. The predicted octanol–water partition coefficient (Wildman–Crippen LogP) is 8.28. The van der Waals surface area contributed by atoms with Crippen LogP contribution in [0, 0.1) is 20.2 Å². The maximum absolute atomic E-state index is 13.5. The summed E-state index contributed by atoms with van der Waals surface area (Å²) in [5, 5.41) is 49.1. The molecule has 2 atom stereocenters. The summed E-state index contributed by atoms with van der Waals surface area (Å²) in [6, 6.07) is 24.5. The fourth-order valence-electron chi connectivity index (χ4n) is 5.46. The lowest BCUT2D eigenvalue weighted by Crippen LogP contribution is -2.44. The molecule has 0 spiro atoms. The van der Waals surface area contributed by atoms with E-state index < -0.39 is 55.4 Å². The average molecular weight is 888 g/mol. The third kappa shape index (κ3) is 7.82. The molecule has 20 heteroatoms. The molecule has 2 aromatic heterocycles. The number of benzene rings is 4. The van der Waals surface area contributed by atoms with Crippen molar-refractivity contribution in [3.8, 4) is 0 Å². The van der Waals surface area contributed by atoms with Gasteiger partial charge in [0.15, 0.2) is 0 Å². The SMILES string of the molecule is O=[N+]([O-])c1ccc2c(C(O)(CBr)C(F)(F)F)nn(Cc3ccccc3)c2c1.O=[N+]([O-])c1ccc2c(C(O)(CBr)C(F)(F)F)nn(Cc3ccccc3)c2c1. The zero-order valence-corrected chi connectivity index (χ0v) is 30.5. The quantitative estimate of drug-likeness (QED) is 0.0601. The van der Waals surface area contributed by atoms with E-state index in [0.717, 1.165) is 35.4 Å². The Kier molecular flexibility index (Phi) is 11.5. The number of rotatable bonds is 10. The second kappa shape index (κ2) is 15.4. The van der Waals surface area contributed by atoms with E-state index >= 15 is 0 Å². The summed E-state index contributed by atoms with van der Waals surface area (Å²) in [4.78, 5) is 20.9. The van der Waals surface area contributed by atoms with E-state index in [9.17, 15) is 56.8 Å². The van der Waals surface area contributed by atoms with Crippen LogP contribution in [0.25, 0.3) is 21.8 Å². The Morgan fingerprint density at radius 2 is 0.926 bits per heavy atom. The van der Waals surface area contributed by atoms with Gasteiger partial charge >= 0.3 is 12.4 Å². The smallest absolute Gasteiger partial charge is 0.374 e. The van der Waals surface area contributed by atoms with Gasteiger partial charge in [-0.15, -0.1) is 0 Å². The summed E-state index contributed by atoms with van der Waals surface area (Å²) >= 11 is 5.43. The van der Waals surface area contributed by atoms with Crippen molar-refractivity contribution in [3.05, 3.63) is 140 Å². The third-order valence-corrected chi connectivity index (χ3v) is 9.97. The normalized spacial score (nSPS) is 14.3. The standard InChI is InChI=1S/2C17H13BrF3N3O3/c2*18-10-16(25,17(19,20)21)15-13-7-6-12(24(26)27)8-14(13)23(22-15)9-11-4-2-1-3-5-11/h2*1-8,25H,9-10H2. The number of aliphatic hydroxyl groups is 2. The number of nitro benzene ring substituents is 2. The minimum absolute atomic E-state index is 0.00388. The van der Waals surface area contributed by atoms with Crippen LogP contribution in [0.15, 0.2) is 97.1 Å². The van der Waals surface area contributed by atoms with Crippen LogP contribution in [0.3, 0.4) is 0 Å². The molecule has 0 aliphatic heterocycles. The van der Waals surface area contributed by atoms with Crippen LogP contribution < -0.4 is 0 Å². The highest BCUT2D eigenvalue weighted by atomic mass is 79.9. The number of fused-ring (bicyclic) bond motifs is 2. The van der Waals surface area contributed by atoms with Crippen molar-refractivity contribution in [2.24, 2.45) is 0 Å². The van der Waals surface area contributed by atoms with Gasteiger partial charge in [0.2, 0.25) is 11.2 Å². The number of nitro groups is 2. The molecule has 6 rings (SSSR count). The van der Waals surface area contributed by atoms with E-state index in [1.165, 1.54) is 21.5 Å². The van der Waals surface area contributed by atoms with Crippen molar-refractivity contribution >= 4 is 65.0 Å². The van der Waals surface area contributed by atoms with Gasteiger partial charge in [0.1, 0.15) is 11.4 Å². The molecular formula is C34H26Br2F6N6O6. The first-order valence-electron chi connectivity index (χ1n) is 15.4. The highest BCUT2D eigenvalue weighted by Crippen LogP contribution is 2.44. The van der Waals surface area contributed by atoms with Gasteiger partial charge in [-0.3, -0.25) is 29.6 Å². The van der Waals surface area contributed by atoms with Gasteiger partial charge in [0.25, 0.3) is 11.4 Å². The lowest BCUT2D eigenvalue weighted by Gasteiger charge is -2.27. The van der Waals surface area contributed by atoms with Crippen molar-refractivity contribution in [3.63, 3.8) is 0 Å². The van der Waals surface area contributed by atoms with Crippen LogP contribution in [-0.4, -0.2) is 62.6 Å². The molecule has 6 aromatic rings. The Bertz CT molecular complexity index is 2140. The molecule has 0 amide bonds. The molecule has 284 valence electrons. The average Bonchev–Trinajstić information content (AvgIpc) is 3.68. The maximum atomic E-state index is 13.5. The molecule has 2 unspecified atom stereocenters. The van der Waals surface area contributed by atoms with Crippen LogP contribution in [0.2, 0.25) is 0 Å². The van der Waals surface area contributed by atoms with Crippen molar-refractivity contribution in [1.29, 1.82) is 0 Å². The number of hydrogen-bond acceptors (Lipinski definition) is 8. The van der Waals surface area contributed by atoms with E-state index in [1.54, 1.807) is 60.7 Å². The molecular weight excluding hydrogens is 862 g/mol. The Morgan fingerprint density at radius 3 is 1.20 bits per heavy atom. The molecule has 12 nitrogen and oxygen atoms in total. The molecule has 2 N–H and O–H groups in total. The van der Waals surface area contributed by atoms with E-state index in [-0.39, 0.29) is 46.3 Å². The van der Waals surface area contributed by atoms with Crippen LogP contribution in [0.1, 0.15) is 22.5 Å². The molecule has 2 heterocycles. The van der Waals surface area contributed by atoms with Gasteiger partial charge in [0.05, 0.1) is 34.0 Å². The first kappa shape index (κ1) is 40.3. The molecule has 0 aliphatic rings. The Morgan fingerprint density at radius 1 is 0.593 bits per heavy atom. The fraction of sp³-hybridized carbons (Fsp3) is 0.235. The second-order valence-corrected chi connectivity index (χ2v) is 13.0. The Labute approximate surface area is 317 Å². The fourth-order valence-corrected chi connectivity index (χ4v) is 6.63. The summed E-state index contributed by atoms with van der Waals surface area (Å²) in [5.74, 6) is 0. The van der Waals surface area contributed by atoms with Gasteiger partial charge in [-0.25, -0.2) is 0 Å². The minimum atomic E-state index is -4.99. The Hall–Kier alpha value is -4.92. The van der Waals surface area contributed by atoms with Gasteiger partial charge in [0, 0.05) is 45.7 Å². The molecule has 0 radical (unpaired) electrons. The van der Waals surface area contributed by atoms with Crippen LogP contribution in [0.5, 0.6) is 0 Å². The minimum Gasteiger partial charge on any atom is -0.374 e. The van der Waals surface area contributed by atoms with Crippen molar-refractivity contribution in [1.82, 2.24) is 19.6 Å². The predicted molar refractivity (Wildman–Crippen MR) is 191 cm³/mol. The zero-order chi connectivity index (χ0) is 39.6. The van der Waals surface area contributed by atoms with Gasteiger partial charge in [-0.05, 0) is 23.3 Å². The summed E-state index contributed by atoms with van der Waals surface area (Å²) in [7, 11) is 0. The van der Waals surface area contributed by atoms with E-state index in [4.69, 9.17) is 0 Å². The highest BCUT2D eigenvalue weighted by Gasteiger charge is 2.58. The molecule has 0 fully saturated rings. The number of alkyl halides is 8. The van der Waals surface area contributed by atoms with Crippen LogP contribution >= 0.6 is 31.9 Å². The van der Waals surface area contributed by atoms with Crippen LogP contribution in [0.4, 0.5) is 37.7 Å². The summed E-state index contributed by atoms with van der Waals surface area (Å²) < 4.78 is 83.6. The summed E-state index contributed by atoms with van der Waals surface area (Å²) in [6.45, 7) is 0.184. The van der Waals surface area contributed by atoms with Crippen LogP contribution in [-0.2, 0) is 24.3 Å². The van der Waals surface area contributed by atoms with Crippen molar-refractivity contribution < 1.29 is 46.4 Å². The Balaban J connectivity index is 0.000000208. The molecule has 54 heavy (non-hydrogen) atoms. The molecule has 0 saturated carbocycles. The zero-order valence-electron chi connectivity index (χ0n) is 27.3. The van der Waals surface area contributed by atoms with E-state index in [0.29, 0.717) is 0 Å². The number of hydrogen-bond donors (Lipinski definition) is 2.